The molecule has 1 saturated heterocycles. The Morgan fingerprint density at radius 2 is 1.77 bits per heavy atom. The van der Waals surface area contributed by atoms with E-state index in [-0.39, 0.29) is 36.8 Å². The molecule has 2 aromatic carbocycles. The van der Waals surface area contributed by atoms with E-state index in [0.717, 1.165) is 0 Å². The van der Waals surface area contributed by atoms with Gasteiger partial charge in [0, 0.05) is 29.1 Å². The van der Waals surface area contributed by atoms with Crippen LogP contribution in [0.3, 0.4) is 0 Å². The highest BCUT2D eigenvalue weighted by molar-refractivity contribution is 6.34. The highest BCUT2D eigenvalue weighted by Crippen LogP contribution is 2.32. The minimum atomic E-state index is -0.0621. The lowest BCUT2D eigenvalue weighted by atomic mass is 9.89. The second kappa shape index (κ2) is 9.47. The van der Waals surface area contributed by atoms with Crippen molar-refractivity contribution in [2.24, 2.45) is 11.7 Å². The molecule has 26 heavy (non-hydrogen) atoms. The Balaban J connectivity index is 0.00000243. The van der Waals surface area contributed by atoms with E-state index in [1.54, 1.807) is 18.2 Å². The van der Waals surface area contributed by atoms with E-state index in [4.69, 9.17) is 33.7 Å². The Morgan fingerprint density at radius 1 is 1.12 bits per heavy atom. The van der Waals surface area contributed by atoms with Crippen LogP contribution in [0.1, 0.15) is 11.5 Å². The van der Waals surface area contributed by atoms with Crippen LogP contribution < -0.4 is 10.5 Å². The molecule has 1 aliphatic heterocycles. The largest absolute Gasteiger partial charge is 0.484 e. The number of nitrogens with zero attached hydrogens (tertiary/aromatic N) is 1. The Bertz CT molecular complexity index is 723. The quantitative estimate of drug-likeness (QED) is 0.803. The molecule has 0 spiro atoms. The number of halogens is 3. The molecule has 0 bridgehead atoms. The maximum atomic E-state index is 12.5. The van der Waals surface area contributed by atoms with Gasteiger partial charge in [0.05, 0.1) is 0 Å². The molecule has 2 N–H and O–H groups in total. The van der Waals surface area contributed by atoms with Crippen molar-refractivity contribution in [1.82, 2.24) is 4.90 Å². The highest BCUT2D eigenvalue weighted by atomic mass is 35.5. The van der Waals surface area contributed by atoms with E-state index < -0.39 is 0 Å². The molecule has 0 aromatic heterocycles. The average molecular weight is 416 g/mol. The zero-order chi connectivity index (χ0) is 17.8. The molecule has 2 aromatic rings. The molecule has 0 radical (unpaired) electrons. The van der Waals surface area contributed by atoms with Crippen LogP contribution in [0, 0.1) is 5.92 Å². The Kier molecular flexibility index (Phi) is 7.59. The van der Waals surface area contributed by atoms with E-state index in [1.165, 1.54) is 5.56 Å². The van der Waals surface area contributed by atoms with Gasteiger partial charge in [0.25, 0.3) is 5.91 Å². The van der Waals surface area contributed by atoms with Crippen LogP contribution in [-0.2, 0) is 4.79 Å². The summed E-state index contributed by atoms with van der Waals surface area (Å²) in [7, 11) is 0. The first-order chi connectivity index (χ1) is 12.1. The van der Waals surface area contributed by atoms with Gasteiger partial charge >= 0.3 is 0 Å². The third-order valence-corrected chi connectivity index (χ3v) is 4.96. The van der Waals surface area contributed by atoms with Crippen LogP contribution in [0.4, 0.5) is 0 Å². The van der Waals surface area contributed by atoms with Crippen LogP contribution in [-0.4, -0.2) is 37.0 Å². The van der Waals surface area contributed by atoms with Gasteiger partial charge in [-0.1, -0.05) is 53.5 Å². The first-order valence-corrected chi connectivity index (χ1v) is 8.94. The van der Waals surface area contributed by atoms with Gasteiger partial charge in [-0.15, -0.1) is 12.4 Å². The van der Waals surface area contributed by atoms with Gasteiger partial charge in [0.1, 0.15) is 5.75 Å². The maximum absolute atomic E-state index is 12.5. The average Bonchev–Trinajstić information content (AvgIpc) is 3.04. The SMILES string of the molecule is Cl.NC[C@@H]1CN(C(=O)COc2cc(Cl)cc(Cl)c2)C[C@H]1c1ccccc1. The van der Waals surface area contributed by atoms with Crippen molar-refractivity contribution in [2.45, 2.75) is 5.92 Å². The lowest BCUT2D eigenvalue weighted by molar-refractivity contribution is -0.132. The normalized spacial score (nSPS) is 19.1. The van der Waals surface area contributed by atoms with E-state index in [1.807, 2.05) is 23.1 Å². The smallest absolute Gasteiger partial charge is 0.260 e. The van der Waals surface area contributed by atoms with E-state index in [9.17, 15) is 4.79 Å². The van der Waals surface area contributed by atoms with Gasteiger partial charge in [-0.2, -0.15) is 0 Å². The summed E-state index contributed by atoms with van der Waals surface area (Å²) in [6.45, 7) is 1.81. The maximum Gasteiger partial charge on any atom is 0.260 e. The summed E-state index contributed by atoms with van der Waals surface area (Å²) in [5.41, 5.74) is 7.14. The minimum absolute atomic E-state index is 0. The number of benzene rings is 2. The molecular weight excluding hydrogens is 395 g/mol. The summed E-state index contributed by atoms with van der Waals surface area (Å²) < 4.78 is 5.56. The van der Waals surface area contributed by atoms with Gasteiger partial charge in [0.15, 0.2) is 6.61 Å². The molecule has 0 saturated carbocycles. The minimum Gasteiger partial charge on any atom is -0.484 e. The Morgan fingerprint density at radius 3 is 2.38 bits per heavy atom. The topological polar surface area (TPSA) is 55.6 Å². The molecule has 4 nitrogen and oxygen atoms in total. The molecule has 1 aliphatic rings. The summed E-state index contributed by atoms with van der Waals surface area (Å²) in [6.07, 6.45) is 0. The van der Waals surface area contributed by atoms with Crippen molar-refractivity contribution in [3.63, 3.8) is 0 Å². The van der Waals surface area contributed by atoms with Gasteiger partial charge in [-0.05, 0) is 36.2 Å². The van der Waals surface area contributed by atoms with Crippen molar-refractivity contribution in [2.75, 3.05) is 26.2 Å². The number of hydrogen-bond acceptors (Lipinski definition) is 3. The number of rotatable bonds is 5. The van der Waals surface area contributed by atoms with E-state index in [2.05, 4.69) is 12.1 Å². The Hall–Kier alpha value is -1.46. The molecule has 0 aliphatic carbocycles. The molecule has 1 heterocycles. The molecule has 140 valence electrons. The number of carbonyl (C=O) groups excluding carboxylic acids is 1. The third kappa shape index (κ3) is 5.04. The lowest BCUT2D eigenvalue weighted by Gasteiger charge is -2.17. The van der Waals surface area contributed by atoms with E-state index in [0.29, 0.717) is 35.4 Å². The predicted molar refractivity (Wildman–Crippen MR) is 108 cm³/mol. The summed E-state index contributed by atoms with van der Waals surface area (Å²) >= 11 is 11.9. The number of likely N-dealkylation sites (tertiary alicyclic amines) is 1. The van der Waals surface area contributed by atoms with Gasteiger partial charge in [-0.25, -0.2) is 0 Å². The molecule has 7 heteroatoms. The number of carbonyl (C=O) groups is 1. The number of ether oxygens (including phenoxy) is 1. The molecular formula is C19H21Cl3N2O2. The number of amides is 1. The summed E-state index contributed by atoms with van der Waals surface area (Å²) in [4.78, 5) is 14.3. The fourth-order valence-electron chi connectivity index (χ4n) is 3.24. The molecule has 1 amide bonds. The van der Waals surface area contributed by atoms with Gasteiger partial charge in [0.2, 0.25) is 0 Å². The van der Waals surface area contributed by atoms with Crippen LogP contribution in [0.25, 0.3) is 0 Å². The van der Waals surface area contributed by atoms with Crippen molar-refractivity contribution >= 4 is 41.5 Å². The molecule has 2 atom stereocenters. The fourth-order valence-corrected chi connectivity index (χ4v) is 3.75. The summed E-state index contributed by atoms with van der Waals surface area (Å²) in [5.74, 6) is 0.940. The number of nitrogens with two attached hydrogens (primary N) is 1. The monoisotopic (exact) mass is 414 g/mol. The van der Waals surface area contributed by atoms with Crippen LogP contribution >= 0.6 is 35.6 Å². The second-order valence-electron chi connectivity index (χ2n) is 6.21. The third-order valence-electron chi connectivity index (χ3n) is 4.52. The first-order valence-electron chi connectivity index (χ1n) is 8.18. The highest BCUT2D eigenvalue weighted by Gasteiger charge is 2.35. The summed E-state index contributed by atoms with van der Waals surface area (Å²) in [5, 5.41) is 0.951. The second-order valence-corrected chi connectivity index (χ2v) is 7.08. The lowest BCUT2D eigenvalue weighted by Crippen LogP contribution is -2.33. The predicted octanol–water partition coefficient (Wildman–Crippen LogP) is 3.99. The Labute approximate surface area is 169 Å². The summed E-state index contributed by atoms with van der Waals surface area (Å²) in [6, 6.07) is 15.1. The number of hydrogen-bond donors (Lipinski definition) is 1. The van der Waals surface area contributed by atoms with Crippen LogP contribution in [0.5, 0.6) is 5.75 Å². The molecule has 1 fully saturated rings. The molecule has 0 unspecified atom stereocenters. The van der Waals surface area contributed by atoms with Gasteiger partial charge < -0.3 is 15.4 Å². The van der Waals surface area contributed by atoms with Crippen LogP contribution in [0.15, 0.2) is 48.5 Å². The first kappa shape index (κ1) is 20.8. The standard InChI is InChI=1S/C19H20Cl2N2O2.ClH/c20-15-6-16(21)8-17(7-15)25-12-19(24)23-10-14(9-22)18(11-23)13-4-2-1-3-5-13;/h1-8,14,18H,9-12,22H2;1H/t14-,18+;/m1./s1. The zero-order valence-corrected chi connectivity index (χ0v) is 16.4. The fraction of sp³-hybridized carbons (Fsp3) is 0.316. The van der Waals surface area contributed by atoms with Crippen LogP contribution in [0.2, 0.25) is 10.0 Å². The van der Waals surface area contributed by atoms with Crippen molar-refractivity contribution in [3.8, 4) is 5.75 Å². The van der Waals surface area contributed by atoms with Crippen molar-refractivity contribution in [1.29, 1.82) is 0 Å². The van der Waals surface area contributed by atoms with Crippen molar-refractivity contribution in [3.05, 3.63) is 64.1 Å². The van der Waals surface area contributed by atoms with E-state index >= 15 is 0 Å². The molecule has 3 rings (SSSR count). The van der Waals surface area contributed by atoms with Gasteiger partial charge in [-0.3, -0.25) is 4.79 Å². The van der Waals surface area contributed by atoms with Crippen molar-refractivity contribution < 1.29 is 9.53 Å². The zero-order valence-electron chi connectivity index (χ0n) is 14.1.